The van der Waals surface area contributed by atoms with Crippen molar-refractivity contribution in [3.63, 3.8) is 0 Å². The van der Waals surface area contributed by atoms with E-state index in [0.29, 0.717) is 11.3 Å². The molecule has 4 aromatic rings. The van der Waals surface area contributed by atoms with Crippen LogP contribution in [0.25, 0.3) is 11.1 Å². The van der Waals surface area contributed by atoms with Gasteiger partial charge in [-0.3, -0.25) is 4.98 Å². The number of nitrogens with zero attached hydrogens (tertiary/aromatic N) is 4. The topological polar surface area (TPSA) is 74.7 Å². The van der Waals surface area contributed by atoms with Gasteiger partial charge in [0.25, 0.3) is 0 Å². The van der Waals surface area contributed by atoms with Gasteiger partial charge in [-0.05, 0) is 41.8 Å². The maximum atomic E-state index is 14.7. The average Bonchev–Trinajstić information content (AvgIpc) is 3.38. The molecular formula is C25H19FN4O. The second kappa shape index (κ2) is 7.15. The Morgan fingerprint density at radius 3 is 2.65 bits per heavy atom. The number of fused-ring (bicyclic) bond motifs is 1. The number of nitriles is 1. The summed E-state index contributed by atoms with van der Waals surface area (Å²) >= 11 is 0. The van der Waals surface area contributed by atoms with Gasteiger partial charge in [-0.15, -0.1) is 0 Å². The highest BCUT2D eigenvalue weighted by molar-refractivity contribution is 5.66. The van der Waals surface area contributed by atoms with Crippen molar-refractivity contribution in [3.8, 4) is 17.2 Å². The van der Waals surface area contributed by atoms with Crippen molar-refractivity contribution in [1.29, 1.82) is 5.26 Å². The zero-order chi connectivity index (χ0) is 21.6. The molecule has 0 amide bonds. The molecule has 31 heavy (non-hydrogen) atoms. The van der Waals surface area contributed by atoms with Gasteiger partial charge in [-0.2, -0.15) is 5.26 Å². The lowest BCUT2D eigenvalue weighted by molar-refractivity contribution is 0.0792. The fourth-order valence-electron chi connectivity index (χ4n) is 4.44. The van der Waals surface area contributed by atoms with Crippen LogP contribution < -0.4 is 0 Å². The van der Waals surface area contributed by atoms with E-state index < -0.39 is 17.5 Å². The van der Waals surface area contributed by atoms with Gasteiger partial charge >= 0.3 is 0 Å². The van der Waals surface area contributed by atoms with E-state index in [1.807, 2.05) is 54.1 Å². The van der Waals surface area contributed by atoms with Crippen molar-refractivity contribution in [3.05, 3.63) is 107 Å². The number of hydrogen-bond acceptors (Lipinski definition) is 4. The normalized spacial score (nSPS) is 19.7. The highest BCUT2D eigenvalue weighted by Crippen LogP contribution is 2.47. The van der Waals surface area contributed by atoms with E-state index in [9.17, 15) is 9.50 Å². The van der Waals surface area contributed by atoms with E-state index in [-0.39, 0.29) is 12.0 Å². The van der Waals surface area contributed by atoms with Gasteiger partial charge < -0.3 is 9.67 Å². The Labute approximate surface area is 179 Å². The predicted molar refractivity (Wildman–Crippen MR) is 114 cm³/mol. The predicted octanol–water partition coefficient (Wildman–Crippen LogP) is 4.49. The van der Waals surface area contributed by atoms with Crippen LogP contribution in [0.2, 0.25) is 0 Å². The Kier molecular flexibility index (Phi) is 4.42. The third-order valence-electron chi connectivity index (χ3n) is 6.12. The highest BCUT2D eigenvalue weighted by atomic mass is 19.1. The van der Waals surface area contributed by atoms with Crippen molar-refractivity contribution >= 4 is 0 Å². The van der Waals surface area contributed by atoms with Crippen LogP contribution in [0.5, 0.6) is 0 Å². The summed E-state index contributed by atoms with van der Waals surface area (Å²) in [6.07, 6.45) is 7.11. The molecule has 6 heteroatoms. The first kappa shape index (κ1) is 19.2. The zero-order valence-corrected chi connectivity index (χ0v) is 16.8. The molecule has 0 fully saturated rings. The van der Waals surface area contributed by atoms with Gasteiger partial charge in [0.15, 0.2) is 0 Å². The number of benzene rings is 2. The SMILES string of the molecule is Cc1ccncc1-c1ccc([C@@]2(O)C[C@H](c3ccc(C#N)cc3F)n3cncc32)cc1. The number of aliphatic hydroxyl groups is 1. The van der Waals surface area contributed by atoms with Gasteiger partial charge in [0.05, 0.1) is 35.9 Å². The van der Waals surface area contributed by atoms with Gasteiger partial charge in [0.1, 0.15) is 11.4 Å². The van der Waals surface area contributed by atoms with Crippen molar-refractivity contribution in [2.24, 2.45) is 0 Å². The second-order valence-corrected chi connectivity index (χ2v) is 7.88. The fraction of sp³-hybridized carbons (Fsp3) is 0.160. The van der Waals surface area contributed by atoms with Crippen LogP contribution in [0.15, 0.2) is 73.4 Å². The molecule has 3 heterocycles. The summed E-state index contributed by atoms with van der Waals surface area (Å²) in [4.78, 5) is 8.41. The van der Waals surface area contributed by atoms with Crippen molar-refractivity contribution < 1.29 is 9.50 Å². The van der Waals surface area contributed by atoms with E-state index >= 15 is 0 Å². The van der Waals surface area contributed by atoms with Crippen LogP contribution in [0.1, 0.15) is 40.4 Å². The lowest BCUT2D eigenvalue weighted by Gasteiger charge is -2.23. The maximum absolute atomic E-state index is 14.7. The summed E-state index contributed by atoms with van der Waals surface area (Å²) in [5.74, 6) is -0.463. The zero-order valence-electron chi connectivity index (χ0n) is 16.8. The summed E-state index contributed by atoms with van der Waals surface area (Å²) in [6, 6.07) is 15.7. The summed E-state index contributed by atoms with van der Waals surface area (Å²) in [7, 11) is 0. The first-order valence-electron chi connectivity index (χ1n) is 9.97. The Balaban J connectivity index is 1.54. The van der Waals surface area contributed by atoms with E-state index in [4.69, 9.17) is 5.26 Å². The molecule has 5 nitrogen and oxygen atoms in total. The Morgan fingerprint density at radius 2 is 1.94 bits per heavy atom. The fourth-order valence-corrected chi connectivity index (χ4v) is 4.44. The van der Waals surface area contributed by atoms with Crippen LogP contribution in [-0.4, -0.2) is 19.6 Å². The van der Waals surface area contributed by atoms with E-state index in [2.05, 4.69) is 9.97 Å². The molecule has 0 spiro atoms. The second-order valence-electron chi connectivity index (χ2n) is 7.88. The molecule has 0 radical (unpaired) electrons. The van der Waals surface area contributed by atoms with Crippen LogP contribution in [0, 0.1) is 24.1 Å². The number of aromatic nitrogens is 3. The van der Waals surface area contributed by atoms with Crippen molar-refractivity contribution in [1.82, 2.24) is 14.5 Å². The molecule has 2 aromatic heterocycles. The molecule has 1 aliphatic heterocycles. The molecule has 152 valence electrons. The monoisotopic (exact) mass is 410 g/mol. The maximum Gasteiger partial charge on any atom is 0.133 e. The number of aryl methyl sites for hydroxylation is 1. The molecule has 1 aliphatic rings. The lowest BCUT2D eigenvalue weighted by Crippen LogP contribution is -2.24. The number of rotatable bonds is 3. The molecule has 0 unspecified atom stereocenters. The van der Waals surface area contributed by atoms with Gasteiger partial charge in [0, 0.05) is 29.9 Å². The Hall–Kier alpha value is -3.82. The summed E-state index contributed by atoms with van der Waals surface area (Å²) in [6.45, 7) is 2.03. The molecule has 2 atom stereocenters. The summed E-state index contributed by atoms with van der Waals surface area (Å²) < 4.78 is 16.6. The minimum atomic E-state index is -1.30. The van der Waals surface area contributed by atoms with E-state index in [1.54, 1.807) is 30.9 Å². The van der Waals surface area contributed by atoms with Crippen LogP contribution in [0.4, 0.5) is 4.39 Å². The number of pyridine rings is 1. The molecule has 5 rings (SSSR count). The quantitative estimate of drug-likeness (QED) is 0.540. The third kappa shape index (κ3) is 3.02. The Bertz CT molecular complexity index is 1320. The minimum absolute atomic E-state index is 0.265. The molecule has 0 aliphatic carbocycles. The Morgan fingerprint density at radius 1 is 1.13 bits per heavy atom. The molecule has 0 saturated carbocycles. The van der Waals surface area contributed by atoms with Gasteiger partial charge in [0.2, 0.25) is 0 Å². The largest absolute Gasteiger partial charge is 0.379 e. The summed E-state index contributed by atoms with van der Waals surface area (Å²) in [5, 5.41) is 20.7. The number of hydrogen-bond donors (Lipinski definition) is 1. The highest BCUT2D eigenvalue weighted by Gasteiger charge is 2.45. The molecule has 0 saturated heterocycles. The van der Waals surface area contributed by atoms with E-state index in [1.165, 1.54) is 6.07 Å². The third-order valence-corrected chi connectivity index (χ3v) is 6.12. The first-order chi connectivity index (χ1) is 15.0. The van der Waals surface area contributed by atoms with Crippen LogP contribution in [-0.2, 0) is 5.60 Å². The summed E-state index contributed by atoms with van der Waals surface area (Å²) in [5.41, 5.74) is 3.90. The lowest BCUT2D eigenvalue weighted by atomic mass is 9.85. The average molecular weight is 410 g/mol. The first-order valence-corrected chi connectivity index (χ1v) is 9.97. The van der Waals surface area contributed by atoms with E-state index in [0.717, 1.165) is 22.3 Å². The van der Waals surface area contributed by atoms with Gasteiger partial charge in [-0.25, -0.2) is 9.37 Å². The van der Waals surface area contributed by atoms with Gasteiger partial charge in [-0.1, -0.05) is 30.3 Å². The molecule has 1 N–H and O–H groups in total. The van der Waals surface area contributed by atoms with Crippen molar-refractivity contribution in [2.75, 3.05) is 0 Å². The number of imidazole rings is 1. The molecule has 0 bridgehead atoms. The smallest absolute Gasteiger partial charge is 0.133 e. The minimum Gasteiger partial charge on any atom is -0.379 e. The van der Waals surface area contributed by atoms with Crippen LogP contribution in [0.3, 0.4) is 0 Å². The molecular weight excluding hydrogens is 391 g/mol. The number of halogens is 1. The van der Waals surface area contributed by atoms with Crippen LogP contribution >= 0.6 is 0 Å². The standard InChI is InChI=1S/C25H19FN4O/c1-16-8-9-28-13-21(16)18-3-5-19(6-4-18)25(31)11-23(30-15-29-14-24(25)30)20-7-2-17(12-27)10-22(20)26/h2-10,13-15,23,31H,11H2,1H3/t23-,25+/m1/s1. The molecule has 2 aromatic carbocycles. The van der Waals surface area contributed by atoms with Crippen molar-refractivity contribution in [2.45, 2.75) is 25.0 Å².